The monoisotopic (exact) mass is 217 g/mol. The lowest BCUT2D eigenvalue weighted by molar-refractivity contribution is 0.447. The summed E-state index contributed by atoms with van der Waals surface area (Å²) in [5.74, 6) is 1.04. The molecular formula is C12H11NO3. The Labute approximate surface area is 92.5 Å². The SMILES string of the molecule is Nc1ccc(Oc2cccc(O)c2)cc1O. The van der Waals surface area contributed by atoms with E-state index in [1.807, 2.05) is 0 Å². The van der Waals surface area contributed by atoms with E-state index in [2.05, 4.69) is 0 Å². The summed E-state index contributed by atoms with van der Waals surface area (Å²) in [7, 11) is 0. The van der Waals surface area contributed by atoms with E-state index in [0.717, 1.165) is 0 Å². The van der Waals surface area contributed by atoms with Crippen LogP contribution in [-0.4, -0.2) is 10.2 Å². The summed E-state index contributed by atoms with van der Waals surface area (Å²) in [4.78, 5) is 0. The number of aromatic hydroxyl groups is 2. The highest BCUT2D eigenvalue weighted by Gasteiger charge is 2.01. The minimum atomic E-state index is -0.0300. The lowest BCUT2D eigenvalue weighted by Gasteiger charge is -2.07. The molecule has 0 spiro atoms. The number of rotatable bonds is 2. The highest BCUT2D eigenvalue weighted by Crippen LogP contribution is 2.29. The molecule has 0 saturated carbocycles. The quantitative estimate of drug-likeness (QED) is 0.533. The molecule has 4 nitrogen and oxygen atoms in total. The number of hydrogen-bond donors (Lipinski definition) is 3. The molecule has 0 bridgehead atoms. The van der Waals surface area contributed by atoms with Gasteiger partial charge in [0.2, 0.25) is 0 Å². The number of nitrogens with two attached hydrogens (primary N) is 1. The van der Waals surface area contributed by atoms with Gasteiger partial charge in [-0.05, 0) is 24.3 Å². The van der Waals surface area contributed by atoms with Gasteiger partial charge in [-0.3, -0.25) is 0 Å². The van der Waals surface area contributed by atoms with Crippen LogP contribution in [0.5, 0.6) is 23.0 Å². The first kappa shape index (κ1) is 10.2. The third-order valence-corrected chi connectivity index (χ3v) is 2.06. The molecule has 0 fully saturated rings. The van der Waals surface area contributed by atoms with Crippen LogP contribution in [0.2, 0.25) is 0 Å². The molecular weight excluding hydrogens is 206 g/mol. The summed E-state index contributed by atoms with van der Waals surface area (Å²) in [6, 6.07) is 11.0. The van der Waals surface area contributed by atoms with Crippen molar-refractivity contribution in [1.82, 2.24) is 0 Å². The van der Waals surface area contributed by atoms with Crippen LogP contribution >= 0.6 is 0 Å². The van der Waals surface area contributed by atoms with Crippen molar-refractivity contribution in [3.8, 4) is 23.0 Å². The third-order valence-electron chi connectivity index (χ3n) is 2.06. The van der Waals surface area contributed by atoms with Gasteiger partial charge in [-0.1, -0.05) is 6.07 Å². The molecule has 4 heteroatoms. The van der Waals surface area contributed by atoms with Crippen molar-refractivity contribution in [3.63, 3.8) is 0 Å². The van der Waals surface area contributed by atoms with Crippen molar-refractivity contribution < 1.29 is 14.9 Å². The van der Waals surface area contributed by atoms with E-state index in [1.54, 1.807) is 30.3 Å². The molecule has 2 aromatic carbocycles. The molecule has 0 atom stereocenters. The van der Waals surface area contributed by atoms with E-state index >= 15 is 0 Å². The molecule has 16 heavy (non-hydrogen) atoms. The number of benzene rings is 2. The van der Waals surface area contributed by atoms with Crippen molar-refractivity contribution in [2.45, 2.75) is 0 Å². The van der Waals surface area contributed by atoms with Gasteiger partial charge in [-0.2, -0.15) is 0 Å². The van der Waals surface area contributed by atoms with Crippen LogP contribution < -0.4 is 10.5 Å². The van der Waals surface area contributed by atoms with E-state index in [9.17, 15) is 10.2 Å². The maximum atomic E-state index is 9.38. The Morgan fingerprint density at radius 3 is 2.38 bits per heavy atom. The van der Waals surface area contributed by atoms with Crippen molar-refractivity contribution in [2.75, 3.05) is 5.73 Å². The fourth-order valence-corrected chi connectivity index (χ4v) is 1.27. The van der Waals surface area contributed by atoms with Crippen LogP contribution in [-0.2, 0) is 0 Å². The first-order chi connectivity index (χ1) is 7.65. The molecule has 0 aliphatic rings. The van der Waals surface area contributed by atoms with E-state index < -0.39 is 0 Å². The zero-order chi connectivity index (χ0) is 11.5. The maximum Gasteiger partial charge on any atom is 0.142 e. The summed E-state index contributed by atoms with van der Waals surface area (Å²) >= 11 is 0. The lowest BCUT2D eigenvalue weighted by Crippen LogP contribution is -1.87. The van der Waals surface area contributed by atoms with Gasteiger partial charge in [0.15, 0.2) is 0 Å². The zero-order valence-electron chi connectivity index (χ0n) is 8.42. The molecule has 0 aliphatic heterocycles. The van der Waals surface area contributed by atoms with Crippen LogP contribution in [0.3, 0.4) is 0 Å². The first-order valence-corrected chi connectivity index (χ1v) is 4.70. The predicted molar refractivity (Wildman–Crippen MR) is 60.7 cm³/mol. The van der Waals surface area contributed by atoms with Crippen LogP contribution in [0.15, 0.2) is 42.5 Å². The lowest BCUT2D eigenvalue weighted by atomic mass is 10.3. The predicted octanol–water partition coefficient (Wildman–Crippen LogP) is 2.47. The highest BCUT2D eigenvalue weighted by atomic mass is 16.5. The first-order valence-electron chi connectivity index (χ1n) is 4.70. The molecule has 0 radical (unpaired) electrons. The minimum absolute atomic E-state index is 0.0300. The molecule has 82 valence electrons. The smallest absolute Gasteiger partial charge is 0.142 e. The van der Waals surface area contributed by atoms with Crippen LogP contribution in [0, 0.1) is 0 Å². The number of phenols is 2. The van der Waals surface area contributed by atoms with Gasteiger partial charge in [0, 0.05) is 12.1 Å². The second kappa shape index (κ2) is 4.02. The Bertz CT molecular complexity index is 511. The minimum Gasteiger partial charge on any atom is -0.508 e. The van der Waals surface area contributed by atoms with E-state index in [1.165, 1.54) is 12.1 Å². The average Bonchev–Trinajstić information content (AvgIpc) is 2.24. The fraction of sp³-hybridized carbons (Fsp3) is 0. The Hall–Kier alpha value is -2.36. The number of ether oxygens (including phenoxy) is 1. The molecule has 0 heterocycles. The molecule has 4 N–H and O–H groups in total. The van der Waals surface area contributed by atoms with Gasteiger partial charge in [0.25, 0.3) is 0 Å². The summed E-state index contributed by atoms with van der Waals surface area (Å²) in [6.45, 7) is 0. The molecule has 2 aromatic rings. The largest absolute Gasteiger partial charge is 0.508 e. The maximum absolute atomic E-state index is 9.38. The van der Waals surface area contributed by atoms with Crippen molar-refractivity contribution in [3.05, 3.63) is 42.5 Å². The van der Waals surface area contributed by atoms with Crippen molar-refractivity contribution in [1.29, 1.82) is 0 Å². The summed E-state index contributed by atoms with van der Waals surface area (Å²) < 4.78 is 5.42. The molecule has 0 saturated heterocycles. The standard InChI is InChI=1S/C12H11NO3/c13-11-5-4-10(7-12(11)15)16-9-3-1-2-8(14)6-9/h1-7,14-15H,13H2. The Morgan fingerprint density at radius 2 is 1.69 bits per heavy atom. The van der Waals surface area contributed by atoms with Crippen LogP contribution in [0.4, 0.5) is 5.69 Å². The second-order valence-corrected chi connectivity index (χ2v) is 3.32. The van der Waals surface area contributed by atoms with E-state index in [-0.39, 0.29) is 11.5 Å². The third kappa shape index (κ3) is 2.17. The summed E-state index contributed by atoms with van der Waals surface area (Å²) in [5, 5.41) is 18.6. The number of hydrogen-bond acceptors (Lipinski definition) is 4. The highest BCUT2D eigenvalue weighted by molar-refractivity contribution is 5.55. The van der Waals surface area contributed by atoms with Gasteiger partial charge in [0.1, 0.15) is 23.0 Å². The summed E-state index contributed by atoms with van der Waals surface area (Å²) in [6.07, 6.45) is 0. The van der Waals surface area contributed by atoms with Gasteiger partial charge in [-0.15, -0.1) is 0 Å². The topological polar surface area (TPSA) is 75.7 Å². The second-order valence-electron chi connectivity index (χ2n) is 3.32. The Balaban J connectivity index is 2.24. The van der Waals surface area contributed by atoms with Crippen LogP contribution in [0.1, 0.15) is 0 Å². The zero-order valence-corrected chi connectivity index (χ0v) is 8.42. The molecule has 0 aromatic heterocycles. The van der Waals surface area contributed by atoms with E-state index in [0.29, 0.717) is 17.2 Å². The van der Waals surface area contributed by atoms with Gasteiger partial charge < -0.3 is 20.7 Å². The Morgan fingerprint density at radius 1 is 0.938 bits per heavy atom. The fourth-order valence-electron chi connectivity index (χ4n) is 1.27. The Kier molecular flexibility index (Phi) is 2.55. The molecule has 0 aliphatic carbocycles. The summed E-state index contributed by atoms with van der Waals surface area (Å²) in [5.41, 5.74) is 5.76. The number of anilines is 1. The molecule has 0 unspecified atom stereocenters. The number of nitrogen functional groups attached to an aromatic ring is 1. The van der Waals surface area contributed by atoms with Gasteiger partial charge in [0.05, 0.1) is 5.69 Å². The van der Waals surface area contributed by atoms with Crippen molar-refractivity contribution in [2.24, 2.45) is 0 Å². The van der Waals surface area contributed by atoms with Gasteiger partial charge in [-0.25, -0.2) is 0 Å². The van der Waals surface area contributed by atoms with Crippen LogP contribution in [0.25, 0.3) is 0 Å². The normalized spacial score (nSPS) is 10.0. The van der Waals surface area contributed by atoms with E-state index in [4.69, 9.17) is 10.5 Å². The molecule has 0 amide bonds. The molecule has 2 rings (SSSR count). The average molecular weight is 217 g/mol. The number of phenolic OH excluding ortho intramolecular Hbond substituents is 2. The van der Waals surface area contributed by atoms with Gasteiger partial charge >= 0.3 is 0 Å². The van der Waals surface area contributed by atoms with Crippen molar-refractivity contribution >= 4 is 5.69 Å².